The number of nitrogens with one attached hydrogen (secondary N) is 1. The van der Waals surface area contributed by atoms with Gasteiger partial charge in [-0.1, -0.05) is 43.3 Å². The topological polar surface area (TPSA) is 67.9 Å². The largest absolute Gasteiger partial charge is 0.449 e. The molecule has 0 aromatic heterocycles. The van der Waals surface area contributed by atoms with Gasteiger partial charge in [-0.2, -0.15) is 0 Å². The number of nitrogens with zero attached hydrogens (tertiary/aromatic N) is 1. The molecule has 1 N–H and O–H groups in total. The van der Waals surface area contributed by atoms with Crippen molar-refractivity contribution in [3.8, 4) is 0 Å². The number of hydrogen-bond acceptors (Lipinski definition) is 4. The van der Waals surface area contributed by atoms with E-state index in [0.29, 0.717) is 18.4 Å². The molecule has 6 heteroatoms. The number of fused-ring (bicyclic) bond motifs is 2. The highest BCUT2D eigenvalue weighted by Gasteiger charge is 2.94. The maximum atomic E-state index is 12.8. The van der Waals surface area contributed by atoms with Crippen molar-refractivity contribution in [3.63, 3.8) is 0 Å². The average Bonchev–Trinajstić information content (AvgIpc) is 3.42. The minimum atomic E-state index is -0.528. The van der Waals surface area contributed by atoms with Gasteiger partial charge in [-0.3, -0.25) is 0 Å². The van der Waals surface area contributed by atoms with Gasteiger partial charge < -0.3 is 19.7 Å². The molecule has 33 heavy (non-hydrogen) atoms. The van der Waals surface area contributed by atoms with Crippen LogP contribution < -0.4 is 5.32 Å². The molecule has 174 valence electrons. The minimum absolute atomic E-state index is 0.0360. The van der Waals surface area contributed by atoms with E-state index in [-0.39, 0.29) is 30.2 Å². The van der Waals surface area contributed by atoms with Crippen molar-refractivity contribution in [2.45, 2.75) is 64.1 Å². The Labute approximate surface area is 195 Å². The lowest BCUT2D eigenvalue weighted by molar-refractivity contribution is 0.0276. The number of hydrogen-bond donors (Lipinski definition) is 1. The van der Waals surface area contributed by atoms with E-state index in [2.05, 4.69) is 30.1 Å². The molecule has 3 aliphatic carbocycles. The molecule has 6 nitrogen and oxygen atoms in total. The molecule has 1 aromatic carbocycles. The average molecular weight is 449 g/mol. The molecule has 2 bridgehead atoms. The first-order chi connectivity index (χ1) is 15.7. The molecule has 2 saturated heterocycles. The smallest absolute Gasteiger partial charge is 0.410 e. The van der Waals surface area contributed by atoms with Crippen LogP contribution in [-0.4, -0.2) is 47.4 Å². The second kappa shape index (κ2) is 7.53. The van der Waals surface area contributed by atoms with Gasteiger partial charge >= 0.3 is 12.2 Å². The van der Waals surface area contributed by atoms with E-state index in [0.717, 1.165) is 12.0 Å². The number of benzene rings is 1. The highest BCUT2D eigenvalue weighted by atomic mass is 16.6. The number of amides is 2. The number of allylic oxidation sites excluding steroid dienone is 2. The van der Waals surface area contributed by atoms with Crippen molar-refractivity contribution >= 4 is 17.8 Å². The van der Waals surface area contributed by atoms with Crippen molar-refractivity contribution in [2.24, 2.45) is 11.8 Å². The van der Waals surface area contributed by atoms with Gasteiger partial charge in [0.15, 0.2) is 0 Å². The van der Waals surface area contributed by atoms with Crippen molar-refractivity contribution in [1.29, 1.82) is 0 Å². The normalized spacial score (nSPS) is 30.8. The van der Waals surface area contributed by atoms with Crippen LogP contribution in [-0.2, 0) is 9.47 Å². The van der Waals surface area contributed by atoms with Crippen molar-refractivity contribution in [3.05, 3.63) is 58.8 Å². The third-order valence-corrected chi connectivity index (χ3v) is 7.30. The monoisotopic (exact) mass is 448 g/mol. The fourth-order valence-electron chi connectivity index (χ4n) is 5.79. The third-order valence-electron chi connectivity index (χ3n) is 7.30. The summed E-state index contributed by atoms with van der Waals surface area (Å²) in [6.07, 6.45) is 4.23. The van der Waals surface area contributed by atoms with Gasteiger partial charge in [0.1, 0.15) is 12.2 Å². The molecule has 0 radical (unpaired) electrons. The van der Waals surface area contributed by atoms with Crippen molar-refractivity contribution < 1.29 is 19.1 Å². The second-order valence-electron chi connectivity index (χ2n) is 10.4. The van der Waals surface area contributed by atoms with Crippen LogP contribution in [0.1, 0.15) is 58.1 Å². The van der Waals surface area contributed by atoms with Crippen LogP contribution in [0.25, 0.3) is 5.57 Å². The Morgan fingerprint density at radius 2 is 2.06 bits per heavy atom. The first-order valence-electron chi connectivity index (χ1n) is 11.9. The molecule has 2 heterocycles. The van der Waals surface area contributed by atoms with E-state index in [9.17, 15) is 9.59 Å². The van der Waals surface area contributed by atoms with Gasteiger partial charge in [-0.25, -0.2) is 9.59 Å². The third kappa shape index (κ3) is 3.48. The molecule has 2 aliphatic heterocycles. The molecule has 6 rings (SSSR count). The van der Waals surface area contributed by atoms with E-state index in [1.54, 1.807) is 4.90 Å². The molecule has 5 aliphatic rings. The molecule has 5 unspecified atom stereocenters. The van der Waals surface area contributed by atoms with E-state index in [1.165, 1.54) is 16.7 Å². The quantitative estimate of drug-likeness (QED) is 0.642. The van der Waals surface area contributed by atoms with Gasteiger partial charge in [-0.15, -0.1) is 5.73 Å². The van der Waals surface area contributed by atoms with Crippen molar-refractivity contribution in [2.75, 3.05) is 13.2 Å². The van der Waals surface area contributed by atoms with Crippen LogP contribution in [0.15, 0.2) is 47.7 Å². The van der Waals surface area contributed by atoms with Crippen LogP contribution in [0, 0.1) is 11.8 Å². The first-order valence-corrected chi connectivity index (χ1v) is 11.9. The summed E-state index contributed by atoms with van der Waals surface area (Å²) in [5.74, 6) is 0.591. The fraction of sp³-hybridized carbons (Fsp3) is 0.519. The molecule has 2 saturated carbocycles. The molecule has 5 atom stereocenters. The van der Waals surface area contributed by atoms with E-state index in [4.69, 9.17) is 9.47 Å². The maximum absolute atomic E-state index is 12.8. The number of alkyl carbamates (subject to hydrolysis) is 1. The number of ether oxygens (including phenoxy) is 2. The van der Waals surface area contributed by atoms with Gasteiger partial charge in [0.2, 0.25) is 0 Å². The molecular formula is C27H32N2O4. The molecule has 4 fully saturated rings. The Bertz CT molecular complexity index is 1100. The standard InChI is InChI=1S/C27H32N2O4/c1-6-10-17-13-16(7-2)18-11-8-9-12-19(18)20(17)15-32-24(30)28-27-21-14-29(23(27)22(21)27)25(31)33-26(3,4)5/h6,8-12,20-23H,7,14-15H2,1-5H3,(H,28,30). The Kier molecular flexibility index (Phi) is 4.98. The summed E-state index contributed by atoms with van der Waals surface area (Å²) >= 11 is 0. The first kappa shape index (κ1) is 21.8. The van der Waals surface area contributed by atoms with Crippen LogP contribution >= 0.6 is 0 Å². The summed E-state index contributed by atoms with van der Waals surface area (Å²) in [6.45, 7) is 10.6. The van der Waals surface area contributed by atoms with Crippen LogP contribution in [0.5, 0.6) is 0 Å². The zero-order chi connectivity index (χ0) is 23.5. The summed E-state index contributed by atoms with van der Waals surface area (Å²) in [6, 6.07) is 8.32. The van der Waals surface area contributed by atoms with Crippen LogP contribution in [0.2, 0.25) is 0 Å². The number of piperidine rings is 1. The molecule has 2 amide bonds. The molecule has 1 aromatic rings. The SMILES string of the molecule is CC=CC1=C=C(CC)c2ccccc2C1COC(=O)NC12C3CN(C(=O)OC(C)(C)C)C1C32. The zero-order valence-corrected chi connectivity index (χ0v) is 20.0. The lowest BCUT2D eigenvalue weighted by Gasteiger charge is -2.25. The lowest BCUT2D eigenvalue weighted by atomic mass is 9.81. The van der Waals surface area contributed by atoms with Gasteiger partial charge in [-0.05, 0) is 45.2 Å². The van der Waals surface area contributed by atoms with E-state index >= 15 is 0 Å². The predicted octanol–water partition coefficient (Wildman–Crippen LogP) is 5.02. The zero-order valence-electron chi connectivity index (χ0n) is 20.0. The number of carbonyl (C=O) groups is 2. The van der Waals surface area contributed by atoms with Crippen molar-refractivity contribution in [1.82, 2.24) is 10.2 Å². The maximum Gasteiger partial charge on any atom is 0.410 e. The van der Waals surface area contributed by atoms with Crippen LogP contribution in [0.4, 0.5) is 9.59 Å². The second-order valence-corrected chi connectivity index (χ2v) is 10.4. The Morgan fingerprint density at radius 1 is 1.30 bits per heavy atom. The van der Waals surface area contributed by atoms with E-state index in [1.807, 2.05) is 52.0 Å². The van der Waals surface area contributed by atoms with E-state index < -0.39 is 11.7 Å². The summed E-state index contributed by atoms with van der Waals surface area (Å²) in [5, 5.41) is 3.08. The minimum Gasteiger partial charge on any atom is -0.449 e. The summed E-state index contributed by atoms with van der Waals surface area (Å²) < 4.78 is 11.3. The molecular weight excluding hydrogens is 416 g/mol. The van der Waals surface area contributed by atoms with Crippen LogP contribution in [0.3, 0.4) is 0 Å². The van der Waals surface area contributed by atoms with Gasteiger partial charge in [0, 0.05) is 29.5 Å². The predicted molar refractivity (Wildman–Crippen MR) is 126 cm³/mol. The highest BCUT2D eigenvalue weighted by Crippen LogP contribution is 2.78. The summed E-state index contributed by atoms with van der Waals surface area (Å²) in [5.41, 5.74) is 7.26. The number of carbonyl (C=O) groups excluding carboxylic acids is 2. The Hall–Kier alpha value is -2.98. The Balaban J connectivity index is 1.24. The van der Waals surface area contributed by atoms with Gasteiger partial charge in [0.05, 0.1) is 17.5 Å². The number of rotatable bonds is 5. The molecule has 0 spiro atoms. The lowest BCUT2D eigenvalue weighted by Crippen LogP contribution is -2.41. The fourth-order valence-corrected chi connectivity index (χ4v) is 5.79. The Morgan fingerprint density at radius 3 is 2.73 bits per heavy atom. The summed E-state index contributed by atoms with van der Waals surface area (Å²) in [4.78, 5) is 27.0. The van der Waals surface area contributed by atoms with Gasteiger partial charge in [0.25, 0.3) is 0 Å². The summed E-state index contributed by atoms with van der Waals surface area (Å²) in [7, 11) is 0. The highest BCUT2D eigenvalue weighted by molar-refractivity contribution is 5.78.